The van der Waals surface area contributed by atoms with Crippen molar-refractivity contribution in [2.24, 2.45) is 0 Å². The van der Waals surface area contributed by atoms with Gasteiger partial charge >= 0.3 is 0 Å². The van der Waals surface area contributed by atoms with Crippen LogP contribution in [-0.2, 0) is 0 Å². The number of rotatable bonds is 2. The molecule has 2 rings (SSSR count). The van der Waals surface area contributed by atoms with Gasteiger partial charge in [0.25, 0.3) is 0 Å². The van der Waals surface area contributed by atoms with Gasteiger partial charge in [-0.05, 0) is 30.3 Å². The van der Waals surface area contributed by atoms with Gasteiger partial charge in [-0.15, -0.1) is 0 Å². The second-order valence-corrected chi connectivity index (χ2v) is 3.71. The summed E-state index contributed by atoms with van der Waals surface area (Å²) < 4.78 is 5.54. The fraction of sp³-hybridized carbons (Fsp3) is 0. The van der Waals surface area contributed by atoms with Crippen LogP contribution in [0.3, 0.4) is 0 Å². The Morgan fingerprint density at radius 1 is 1.00 bits per heavy atom. The lowest BCUT2D eigenvalue weighted by Gasteiger charge is -2.08. The molecular weight excluding hydrogens is 231 g/mol. The summed E-state index contributed by atoms with van der Waals surface area (Å²) in [4.78, 5) is 0. The van der Waals surface area contributed by atoms with Crippen molar-refractivity contribution in [1.82, 2.24) is 0 Å². The van der Waals surface area contributed by atoms with Crippen molar-refractivity contribution in [3.8, 4) is 11.5 Å². The van der Waals surface area contributed by atoms with Gasteiger partial charge in [0.05, 0.1) is 10.0 Å². The average molecular weight is 238 g/mol. The first-order chi connectivity index (χ1) is 7.27. The highest BCUT2D eigenvalue weighted by Crippen LogP contribution is 2.35. The van der Waals surface area contributed by atoms with E-state index in [1.54, 1.807) is 30.3 Å². The number of hydrogen-bond donors (Lipinski definition) is 0. The quantitative estimate of drug-likeness (QED) is 0.743. The molecule has 75 valence electrons. The average Bonchev–Trinajstić information content (AvgIpc) is 2.25. The Kier molecular flexibility index (Phi) is 3.14. The topological polar surface area (TPSA) is 9.23 Å². The van der Waals surface area contributed by atoms with Crippen LogP contribution in [-0.4, -0.2) is 0 Å². The van der Waals surface area contributed by atoms with Crippen LogP contribution < -0.4 is 4.74 Å². The van der Waals surface area contributed by atoms with E-state index in [0.717, 1.165) is 0 Å². The third kappa shape index (κ3) is 2.44. The first-order valence-electron chi connectivity index (χ1n) is 4.35. The van der Waals surface area contributed by atoms with E-state index in [1.165, 1.54) is 0 Å². The van der Waals surface area contributed by atoms with E-state index >= 15 is 0 Å². The molecule has 0 atom stereocenters. The van der Waals surface area contributed by atoms with Crippen molar-refractivity contribution in [2.75, 3.05) is 0 Å². The minimum absolute atomic E-state index is 0.473. The number of benzene rings is 2. The van der Waals surface area contributed by atoms with E-state index < -0.39 is 0 Å². The van der Waals surface area contributed by atoms with Crippen molar-refractivity contribution >= 4 is 23.2 Å². The fourth-order valence-electron chi connectivity index (χ4n) is 1.14. The summed E-state index contributed by atoms with van der Waals surface area (Å²) in [6, 6.07) is 15.3. The third-order valence-corrected chi connectivity index (χ3v) is 2.41. The SMILES string of the molecule is Clc1cccc(Cl)c1Oc1c[c]ccc1. The Labute approximate surface area is 98.2 Å². The smallest absolute Gasteiger partial charge is 0.164 e. The maximum absolute atomic E-state index is 5.96. The van der Waals surface area contributed by atoms with Gasteiger partial charge in [-0.25, -0.2) is 0 Å². The summed E-state index contributed by atoms with van der Waals surface area (Å²) in [5.74, 6) is 1.13. The molecule has 0 aromatic heterocycles. The van der Waals surface area contributed by atoms with Crippen LogP contribution in [0.1, 0.15) is 0 Å². The van der Waals surface area contributed by atoms with Gasteiger partial charge in [0.15, 0.2) is 5.75 Å². The van der Waals surface area contributed by atoms with Gasteiger partial charge in [-0.3, -0.25) is 0 Å². The molecule has 1 radical (unpaired) electrons. The molecule has 0 aliphatic carbocycles. The van der Waals surface area contributed by atoms with E-state index in [9.17, 15) is 0 Å². The minimum atomic E-state index is 0.473. The van der Waals surface area contributed by atoms with Crippen LogP contribution in [0.25, 0.3) is 0 Å². The molecule has 3 heteroatoms. The highest BCUT2D eigenvalue weighted by Gasteiger charge is 2.07. The van der Waals surface area contributed by atoms with E-state index in [2.05, 4.69) is 6.07 Å². The molecule has 2 aromatic rings. The fourth-order valence-corrected chi connectivity index (χ4v) is 1.61. The largest absolute Gasteiger partial charge is 0.454 e. The van der Waals surface area contributed by atoms with Crippen molar-refractivity contribution in [1.29, 1.82) is 0 Å². The van der Waals surface area contributed by atoms with Crippen LogP contribution in [0.5, 0.6) is 11.5 Å². The number of hydrogen-bond acceptors (Lipinski definition) is 1. The number of para-hydroxylation sites is 1. The molecule has 0 aliphatic heterocycles. The zero-order valence-corrected chi connectivity index (χ0v) is 9.22. The Morgan fingerprint density at radius 2 is 1.73 bits per heavy atom. The summed E-state index contributed by atoms with van der Waals surface area (Å²) in [6.07, 6.45) is 0. The minimum Gasteiger partial charge on any atom is -0.454 e. The summed E-state index contributed by atoms with van der Waals surface area (Å²) >= 11 is 11.9. The molecule has 0 amide bonds. The molecule has 0 bridgehead atoms. The third-order valence-electron chi connectivity index (χ3n) is 1.82. The molecule has 0 heterocycles. The zero-order chi connectivity index (χ0) is 10.7. The van der Waals surface area contributed by atoms with Gasteiger partial charge in [0.2, 0.25) is 0 Å². The van der Waals surface area contributed by atoms with Gasteiger partial charge in [0, 0.05) is 0 Å². The second-order valence-electron chi connectivity index (χ2n) is 2.89. The Morgan fingerprint density at radius 3 is 2.33 bits per heavy atom. The van der Waals surface area contributed by atoms with Gasteiger partial charge < -0.3 is 4.74 Å². The Hall–Kier alpha value is -1.18. The normalized spacial score (nSPS) is 10.0. The van der Waals surface area contributed by atoms with Crippen LogP contribution in [0, 0.1) is 6.07 Å². The Bertz CT molecular complexity index is 434. The standard InChI is InChI=1S/C12H7Cl2O/c13-10-7-4-8-11(14)12(10)15-9-5-2-1-3-6-9/h1-2,4-8H. The first kappa shape index (κ1) is 10.3. The predicted molar refractivity (Wildman–Crippen MR) is 61.8 cm³/mol. The maximum atomic E-state index is 5.96. The lowest BCUT2D eigenvalue weighted by Crippen LogP contribution is -1.85. The molecule has 0 fully saturated rings. The molecule has 0 aliphatic rings. The zero-order valence-electron chi connectivity index (χ0n) is 7.71. The lowest BCUT2D eigenvalue weighted by atomic mass is 10.3. The molecule has 2 aromatic carbocycles. The molecule has 0 saturated heterocycles. The van der Waals surface area contributed by atoms with Crippen molar-refractivity contribution in [3.63, 3.8) is 0 Å². The Balaban J connectivity index is 2.32. The van der Waals surface area contributed by atoms with Crippen molar-refractivity contribution in [2.45, 2.75) is 0 Å². The first-order valence-corrected chi connectivity index (χ1v) is 5.11. The highest BCUT2D eigenvalue weighted by atomic mass is 35.5. The van der Waals surface area contributed by atoms with Crippen LogP contribution in [0.15, 0.2) is 42.5 Å². The molecule has 0 N–H and O–H groups in total. The van der Waals surface area contributed by atoms with Gasteiger partial charge in [-0.1, -0.05) is 41.4 Å². The summed E-state index contributed by atoms with van der Waals surface area (Å²) in [5.41, 5.74) is 0. The second kappa shape index (κ2) is 4.56. The highest BCUT2D eigenvalue weighted by molar-refractivity contribution is 6.37. The molecule has 1 nitrogen and oxygen atoms in total. The van der Waals surface area contributed by atoms with Gasteiger partial charge in [-0.2, -0.15) is 0 Å². The summed E-state index contributed by atoms with van der Waals surface area (Å²) in [5, 5.41) is 0.984. The van der Waals surface area contributed by atoms with E-state index in [-0.39, 0.29) is 0 Å². The predicted octanol–water partition coefficient (Wildman–Crippen LogP) is 4.59. The van der Waals surface area contributed by atoms with Crippen LogP contribution in [0.4, 0.5) is 0 Å². The molecular formula is C12H7Cl2O. The lowest BCUT2D eigenvalue weighted by molar-refractivity contribution is 0.483. The van der Waals surface area contributed by atoms with E-state index in [0.29, 0.717) is 21.5 Å². The van der Waals surface area contributed by atoms with Crippen LogP contribution >= 0.6 is 23.2 Å². The molecule has 0 spiro atoms. The molecule has 0 saturated carbocycles. The van der Waals surface area contributed by atoms with Crippen LogP contribution in [0.2, 0.25) is 10.0 Å². The summed E-state index contributed by atoms with van der Waals surface area (Å²) in [6.45, 7) is 0. The summed E-state index contributed by atoms with van der Waals surface area (Å²) in [7, 11) is 0. The monoisotopic (exact) mass is 237 g/mol. The van der Waals surface area contributed by atoms with Crippen molar-refractivity contribution in [3.05, 3.63) is 58.6 Å². The molecule has 15 heavy (non-hydrogen) atoms. The number of ether oxygens (including phenoxy) is 1. The van der Waals surface area contributed by atoms with Crippen molar-refractivity contribution < 1.29 is 4.74 Å². The van der Waals surface area contributed by atoms with Gasteiger partial charge in [0.1, 0.15) is 5.75 Å². The van der Waals surface area contributed by atoms with E-state index in [1.807, 2.05) is 12.1 Å². The number of halogens is 2. The maximum Gasteiger partial charge on any atom is 0.164 e. The van der Waals surface area contributed by atoms with E-state index in [4.69, 9.17) is 27.9 Å². The molecule has 0 unspecified atom stereocenters.